The van der Waals surface area contributed by atoms with Crippen molar-refractivity contribution in [1.29, 1.82) is 0 Å². The highest BCUT2D eigenvalue weighted by Crippen LogP contribution is 2.10. The van der Waals surface area contributed by atoms with Crippen molar-refractivity contribution in [3.63, 3.8) is 0 Å². The van der Waals surface area contributed by atoms with E-state index in [1.165, 1.54) is 6.92 Å². The van der Waals surface area contributed by atoms with Gasteiger partial charge in [-0.2, -0.15) is 0 Å². The fourth-order valence-electron chi connectivity index (χ4n) is 2.73. The number of amides is 3. The first kappa shape index (κ1) is 17.9. The summed E-state index contributed by atoms with van der Waals surface area (Å²) in [6, 6.07) is 4.94. The van der Waals surface area contributed by atoms with Gasteiger partial charge in [0.2, 0.25) is 5.91 Å². The average molecular weight is 332 g/mol. The number of aromatic nitrogens is 1. The van der Waals surface area contributed by atoms with Crippen molar-refractivity contribution in [2.45, 2.75) is 20.8 Å². The van der Waals surface area contributed by atoms with Gasteiger partial charge in [-0.25, -0.2) is 4.98 Å². The van der Waals surface area contributed by atoms with E-state index in [4.69, 9.17) is 0 Å². The van der Waals surface area contributed by atoms with Gasteiger partial charge in [0.05, 0.1) is 0 Å². The van der Waals surface area contributed by atoms with Crippen LogP contribution in [0.5, 0.6) is 0 Å². The minimum absolute atomic E-state index is 0.0204. The van der Waals surface area contributed by atoms with E-state index in [0.717, 1.165) is 0 Å². The van der Waals surface area contributed by atoms with Gasteiger partial charge in [0.15, 0.2) is 0 Å². The second-order valence-electron chi connectivity index (χ2n) is 5.68. The summed E-state index contributed by atoms with van der Waals surface area (Å²) in [6.07, 6.45) is 0. The summed E-state index contributed by atoms with van der Waals surface area (Å²) in [5.41, 5.74) is 0.552. The van der Waals surface area contributed by atoms with Crippen LogP contribution in [0.25, 0.3) is 0 Å². The smallest absolute Gasteiger partial charge is 0.272 e. The molecule has 1 aromatic heterocycles. The maximum atomic E-state index is 12.6. The van der Waals surface area contributed by atoms with Crippen LogP contribution in [0.3, 0.4) is 0 Å². The Morgan fingerprint density at radius 2 is 1.54 bits per heavy atom. The zero-order chi connectivity index (χ0) is 17.7. The van der Waals surface area contributed by atoms with Crippen LogP contribution < -0.4 is 0 Å². The molecular weight excluding hydrogens is 308 g/mol. The van der Waals surface area contributed by atoms with E-state index < -0.39 is 0 Å². The summed E-state index contributed by atoms with van der Waals surface area (Å²) in [6.45, 7) is 8.56. The zero-order valence-corrected chi connectivity index (χ0v) is 14.5. The van der Waals surface area contributed by atoms with Crippen molar-refractivity contribution in [2.75, 3.05) is 39.3 Å². The van der Waals surface area contributed by atoms with Crippen LogP contribution in [-0.4, -0.2) is 76.7 Å². The lowest BCUT2D eigenvalue weighted by molar-refractivity contribution is -0.130. The molecule has 7 heteroatoms. The molecule has 0 atom stereocenters. The molecule has 7 nitrogen and oxygen atoms in total. The van der Waals surface area contributed by atoms with Crippen LogP contribution in [0, 0.1) is 0 Å². The van der Waals surface area contributed by atoms with Gasteiger partial charge in [0.1, 0.15) is 11.4 Å². The molecule has 0 aromatic carbocycles. The van der Waals surface area contributed by atoms with Crippen LogP contribution in [0.4, 0.5) is 0 Å². The Morgan fingerprint density at radius 3 is 2.08 bits per heavy atom. The molecule has 0 bridgehead atoms. The highest BCUT2D eigenvalue weighted by atomic mass is 16.2. The molecule has 1 fully saturated rings. The molecule has 1 saturated heterocycles. The quantitative estimate of drug-likeness (QED) is 0.820. The molecule has 1 aromatic rings. The van der Waals surface area contributed by atoms with Crippen molar-refractivity contribution in [2.24, 2.45) is 0 Å². The van der Waals surface area contributed by atoms with E-state index in [0.29, 0.717) is 39.3 Å². The maximum absolute atomic E-state index is 12.6. The number of rotatable bonds is 4. The van der Waals surface area contributed by atoms with E-state index in [2.05, 4.69) is 4.98 Å². The summed E-state index contributed by atoms with van der Waals surface area (Å²) >= 11 is 0. The molecule has 3 amide bonds. The molecule has 1 aliphatic rings. The van der Waals surface area contributed by atoms with Crippen LogP contribution >= 0.6 is 0 Å². The fourth-order valence-corrected chi connectivity index (χ4v) is 2.73. The SMILES string of the molecule is CCN(CC)C(=O)c1cccc(C(=O)N2CCN(C(C)=O)CC2)n1. The summed E-state index contributed by atoms with van der Waals surface area (Å²) in [5.74, 6) is -0.351. The summed E-state index contributed by atoms with van der Waals surface area (Å²) in [7, 11) is 0. The lowest BCUT2D eigenvalue weighted by Gasteiger charge is -2.34. The fraction of sp³-hybridized carbons (Fsp3) is 0.529. The molecule has 0 saturated carbocycles. The lowest BCUT2D eigenvalue weighted by atomic mass is 10.2. The summed E-state index contributed by atoms with van der Waals surface area (Å²) in [5, 5.41) is 0. The Morgan fingerprint density at radius 1 is 1.00 bits per heavy atom. The number of hydrogen-bond donors (Lipinski definition) is 0. The Balaban J connectivity index is 2.10. The van der Waals surface area contributed by atoms with Gasteiger partial charge in [-0.1, -0.05) is 6.07 Å². The topological polar surface area (TPSA) is 73.8 Å². The largest absolute Gasteiger partial charge is 0.339 e. The Hall–Kier alpha value is -2.44. The maximum Gasteiger partial charge on any atom is 0.272 e. The Bertz CT molecular complexity index is 620. The zero-order valence-electron chi connectivity index (χ0n) is 14.5. The molecule has 1 aliphatic heterocycles. The van der Waals surface area contributed by atoms with Crippen LogP contribution in [-0.2, 0) is 4.79 Å². The molecule has 0 aliphatic carbocycles. The predicted octanol–water partition coefficient (Wildman–Crippen LogP) is 0.868. The van der Waals surface area contributed by atoms with E-state index in [1.54, 1.807) is 32.9 Å². The first-order valence-corrected chi connectivity index (χ1v) is 8.29. The van der Waals surface area contributed by atoms with E-state index in [-0.39, 0.29) is 29.1 Å². The molecule has 2 heterocycles. The molecule has 0 radical (unpaired) electrons. The van der Waals surface area contributed by atoms with Crippen LogP contribution in [0.15, 0.2) is 18.2 Å². The van der Waals surface area contributed by atoms with Crippen LogP contribution in [0.1, 0.15) is 41.7 Å². The van der Waals surface area contributed by atoms with Gasteiger partial charge >= 0.3 is 0 Å². The van der Waals surface area contributed by atoms with Crippen molar-refractivity contribution >= 4 is 17.7 Å². The highest BCUT2D eigenvalue weighted by Gasteiger charge is 2.25. The molecule has 24 heavy (non-hydrogen) atoms. The number of hydrogen-bond acceptors (Lipinski definition) is 4. The number of pyridine rings is 1. The van der Waals surface area contributed by atoms with E-state index in [1.807, 2.05) is 13.8 Å². The van der Waals surface area contributed by atoms with Crippen LogP contribution in [0.2, 0.25) is 0 Å². The van der Waals surface area contributed by atoms with Crippen molar-refractivity contribution in [1.82, 2.24) is 19.7 Å². The summed E-state index contributed by atoms with van der Waals surface area (Å²) in [4.78, 5) is 45.6. The second kappa shape index (κ2) is 7.90. The molecule has 0 N–H and O–H groups in total. The third-order valence-electron chi connectivity index (χ3n) is 4.25. The third kappa shape index (κ3) is 3.90. The number of carbonyl (C=O) groups is 3. The van der Waals surface area contributed by atoms with Gasteiger partial charge in [-0.15, -0.1) is 0 Å². The monoisotopic (exact) mass is 332 g/mol. The Labute approximate surface area is 142 Å². The Kier molecular flexibility index (Phi) is 5.89. The first-order chi connectivity index (χ1) is 11.5. The predicted molar refractivity (Wildman–Crippen MR) is 89.6 cm³/mol. The lowest BCUT2D eigenvalue weighted by Crippen LogP contribution is -2.50. The summed E-state index contributed by atoms with van der Waals surface area (Å²) < 4.78 is 0. The number of carbonyl (C=O) groups excluding carboxylic acids is 3. The van der Waals surface area contributed by atoms with Gasteiger partial charge in [0, 0.05) is 46.2 Å². The minimum atomic E-state index is -0.201. The van der Waals surface area contributed by atoms with Crippen molar-refractivity contribution in [3.8, 4) is 0 Å². The molecule has 130 valence electrons. The average Bonchev–Trinajstić information content (AvgIpc) is 2.62. The number of piperazine rings is 1. The van der Waals surface area contributed by atoms with E-state index >= 15 is 0 Å². The van der Waals surface area contributed by atoms with Gasteiger partial charge < -0.3 is 14.7 Å². The molecule has 0 spiro atoms. The molecule has 0 unspecified atom stereocenters. The van der Waals surface area contributed by atoms with Crippen molar-refractivity contribution in [3.05, 3.63) is 29.6 Å². The normalized spacial score (nSPS) is 14.5. The van der Waals surface area contributed by atoms with Gasteiger partial charge in [0.25, 0.3) is 11.8 Å². The number of nitrogens with zero attached hydrogens (tertiary/aromatic N) is 4. The minimum Gasteiger partial charge on any atom is -0.339 e. The van der Waals surface area contributed by atoms with E-state index in [9.17, 15) is 14.4 Å². The second-order valence-corrected chi connectivity index (χ2v) is 5.68. The standard InChI is InChI=1S/C17H24N4O3/c1-4-19(5-2)16(23)14-7-6-8-15(18-14)17(24)21-11-9-20(10-12-21)13(3)22/h6-8H,4-5,9-12H2,1-3H3. The third-order valence-corrected chi connectivity index (χ3v) is 4.25. The van der Waals surface area contributed by atoms with Crippen molar-refractivity contribution < 1.29 is 14.4 Å². The molecule has 2 rings (SSSR count). The van der Waals surface area contributed by atoms with Gasteiger partial charge in [-0.3, -0.25) is 14.4 Å². The molecular formula is C17H24N4O3. The first-order valence-electron chi connectivity index (χ1n) is 8.29. The highest BCUT2D eigenvalue weighted by molar-refractivity contribution is 5.96. The van der Waals surface area contributed by atoms with Gasteiger partial charge in [-0.05, 0) is 26.0 Å².